The summed E-state index contributed by atoms with van der Waals surface area (Å²) in [5.41, 5.74) is 12.5. The number of carbonyl (C=O) groups is 3. The number of carbonyl (C=O) groups excluding carboxylic acids is 3. The van der Waals surface area contributed by atoms with Gasteiger partial charge in [0, 0.05) is 31.9 Å². The van der Waals surface area contributed by atoms with E-state index >= 15 is 0 Å². The van der Waals surface area contributed by atoms with E-state index in [0.717, 1.165) is 70.8 Å². The van der Waals surface area contributed by atoms with Crippen LogP contribution in [-0.2, 0) is 27.8 Å². The summed E-state index contributed by atoms with van der Waals surface area (Å²) >= 11 is 0. The van der Waals surface area contributed by atoms with Gasteiger partial charge in [-0.1, -0.05) is 78.9 Å². The molecule has 2 aliphatic rings. The van der Waals surface area contributed by atoms with Gasteiger partial charge in [0.05, 0.1) is 54.3 Å². The van der Waals surface area contributed by atoms with Crippen molar-refractivity contribution in [2.24, 2.45) is 12.8 Å². The summed E-state index contributed by atoms with van der Waals surface area (Å²) in [7, 11) is 1.90. The van der Waals surface area contributed by atoms with Crippen molar-refractivity contribution in [1.82, 2.24) is 39.3 Å². The first-order valence-corrected chi connectivity index (χ1v) is 18.2. The zero-order valence-electron chi connectivity index (χ0n) is 29.9. The fourth-order valence-corrected chi connectivity index (χ4v) is 7.62. The summed E-state index contributed by atoms with van der Waals surface area (Å²) in [5, 5.41) is 0. The molecular formula is C41H41N9O4. The first-order chi connectivity index (χ1) is 26.3. The zero-order chi connectivity index (χ0) is 37.2. The summed E-state index contributed by atoms with van der Waals surface area (Å²) in [4.78, 5) is 62.8. The predicted molar refractivity (Wildman–Crippen MR) is 201 cm³/mol. The van der Waals surface area contributed by atoms with Gasteiger partial charge in [-0.25, -0.2) is 19.7 Å². The molecule has 0 saturated carbocycles. The average Bonchev–Trinajstić information content (AvgIpc) is 4.04. The number of H-pyrrole nitrogens is 2. The third-order valence-corrected chi connectivity index (χ3v) is 10.3. The summed E-state index contributed by atoms with van der Waals surface area (Å²) < 4.78 is 7.15. The van der Waals surface area contributed by atoms with Gasteiger partial charge < -0.3 is 34.8 Å². The molecule has 13 heteroatoms. The molecule has 5 heterocycles. The van der Waals surface area contributed by atoms with Gasteiger partial charge in [-0.15, -0.1) is 0 Å². The standard InChI is InChI=1S/C41H41N9O4/c1-48-24-31(45-25-48)21-36(51)49-19-5-9-34(49)38-43-22-32(46-38)28-15-11-26(12-16-28)27-13-17-29(18-14-27)33-23-44-39(47-33)35-10-6-20-50(35)40(52)37(54-41(42)53)30-7-3-2-4-8-30/h2-4,7-8,11-18,22-25,34-35,37H,5-6,9-10,19-21H2,1H3,(H2,42,53)(H,43,46)(H,44,47)/t34-,35-,37+/m0/s1. The Kier molecular flexibility index (Phi) is 9.51. The maximum absolute atomic E-state index is 13.7. The topological polar surface area (TPSA) is 168 Å². The van der Waals surface area contributed by atoms with Crippen LogP contribution in [0.3, 0.4) is 0 Å². The van der Waals surface area contributed by atoms with Crippen LogP contribution in [0.2, 0.25) is 0 Å². The molecule has 2 saturated heterocycles. The Morgan fingerprint density at radius 3 is 1.83 bits per heavy atom. The summed E-state index contributed by atoms with van der Waals surface area (Å²) in [6.45, 7) is 1.24. The van der Waals surface area contributed by atoms with E-state index in [9.17, 15) is 14.4 Å². The molecule has 54 heavy (non-hydrogen) atoms. The van der Waals surface area contributed by atoms with Gasteiger partial charge >= 0.3 is 6.09 Å². The van der Waals surface area contributed by atoms with Crippen LogP contribution in [0.1, 0.15) is 66.8 Å². The fourth-order valence-electron chi connectivity index (χ4n) is 7.62. The van der Waals surface area contributed by atoms with Crippen LogP contribution in [0.4, 0.5) is 4.79 Å². The first kappa shape index (κ1) is 34.6. The number of primary amides is 1. The Morgan fingerprint density at radius 1 is 0.759 bits per heavy atom. The number of benzene rings is 3. The van der Waals surface area contributed by atoms with E-state index in [1.165, 1.54) is 0 Å². The third-order valence-electron chi connectivity index (χ3n) is 10.3. The quantitative estimate of drug-likeness (QED) is 0.150. The van der Waals surface area contributed by atoms with E-state index < -0.39 is 12.2 Å². The van der Waals surface area contributed by atoms with E-state index in [4.69, 9.17) is 10.5 Å². The predicted octanol–water partition coefficient (Wildman–Crippen LogP) is 6.27. The van der Waals surface area contributed by atoms with Crippen LogP contribution in [0, 0.1) is 0 Å². The molecule has 2 fully saturated rings. The molecule has 8 rings (SSSR count). The van der Waals surface area contributed by atoms with Crippen LogP contribution in [0.25, 0.3) is 33.6 Å². The van der Waals surface area contributed by atoms with E-state index in [1.54, 1.807) is 41.7 Å². The minimum Gasteiger partial charge on any atom is -0.431 e. The second-order valence-electron chi connectivity index (χ2n) is 13.9. The van der Waals surface area contributed by atoms with Gasteiger partial charge in [-0.3, -0.25) is 9.59 Å². The number of aromatic nitrogens is 6. The number of nitrogens with one attached hydrogen (secondary N) is 2. The molecule has 0 aliphatic carbocycles. The highest BCUT2D eigenvalue weighted by molar-refractivity contribution is 5.85. The Morgan fingerprint density at radius 2 is 1.30 bits per heavy atom. The second-order valence-corrected chi connectivity index (χ2v) is 13.9. The monoisotopic (exact) mass is 723 g/mol. The fraction of sp³-hybridized carbons (Fsp3) is 0.268. The maximum Gasteiger partial charge on any atom is 0.405 e. The van der Waals surface area contributed by atoms with Crippen molar-refractivity contribution in [3.05, 3.63) is 127 Å². The Labute approximate surface area is 312 Å². The first-order valence-electron chi connectivity index (χ1n) is 18.2. The number of nitrogens with two attached hydrogens (primary N) is 1. The van der Waals surface area contributed by atoms with Crippen LogP contribution >= 0.6 is 0 Å². The van der Waals surface area contributed by atoms with Gasteiger partial charge in [0.15, 0.2) is 0 Å². The van der Waals surface area contributed by atoms with Crippen molar-refractivity contribution < 1.29 is 19.1 Å². The molecule has 2 aliphatic heterocycles. The molecule has 0 radical (unpaired) electrons. The molecule has 0 unspecified atom stereocenters. The lowest BCUT2D eigenvalue weighted by Gasteiger charge is -2.27. The second kappa shape index (κ2) is 14.9. The number of hydrogen-bond acceptors (Lipinski definition) is 7. The molecule has 4 N–H and O–H groups in total. The van der Waals surface area contributed by atoms with Crippen molar-refractivity contribution >= 4 is 17.9 Å². The van der Waals surface area contributed by atoms with Crippen molar-refractivity contribution in [1.29, 1.82) is 0 Å². The minimum atomic E-state index is -1.12. The molecule has 274 valence electrons. The smallest absolute Gasteiger partial charge is 0.405 e. The normalized spacial score (nSPS) is 17.5. The number of ether oxygens (including phenoxy) is 1. The number of rotatable bonds is 10. The van der Waals surface area contributed by atoms with E-state index in [2.05, 4.69) is 61.3 Å². The number of aryl methyl sites for hydroxylation is 1. The Hall–Kier alpha value is -6.50. The molecule has 3 atom stereocenters. The molecule has 3 aromatic carbocycles. The average molecular weight is 724 g/mol. The van der Waals surface area contributed by atoms with E-state index in [0.29, 0.717) is 24.5 Å². The van der Waals surface area contributed by atoms with Crippen LogP contribution in [-0.4, -0.2) is 70.3 Å². The molecule has 13 nitrogen and oxygen atoms in total. The Balaban J connectivity index is 0.921. The summed E-state index contributed by atoms with van der Waals surface area (Å²) in [6, 6.07) is 25.1. The van der Waals surface area contributed by atoms with E-state index in [1.807, 2.05) is 47.1 Å². The molecular weight excluding hydrogens is 683 g/mol. The molecule has 6 aromatic rings. The van der Waals surface area contributed by atoms with Gasteiger partial charge in [0.2, 0.25) is 12.0 Å². The highest BCUT2D eigenvalue weighted by atomic mass is 16.6. The summed E-state index contributed by atoms with van der Waals surface area (Å²) in [6.07, 6.45) is 8.72. The van der Waals surface area contributed by atoms with Gasteiger partial charge in [0.1, 0.15) is 11.6 Å². The van der Waals surface area contributed by atoms with Gasteiger partial charge in [-0.05, 0) is 47.9 Å². The maximum atomic E-state index is 13.7. The van der Waals surface area contributed by atoms with Gasteiger partial charge in [0.25, 0.3) is 5.91 Å². The summed E-state index contributed by atoms with van der Waals surface area (Å²) in [5.74, 6) is 1.23. The van der Waals surface area contributed by atoms with Crippen molar-refractivity contribution in [2.45, 2.75) is 50.3 Å². The number of hydrogen-bond donors (Lipinski definition) is 3. The third kappa shape index (κ3) is 7.12. The molecule has 3 amide bonds. The SMILES string of the molecule is Cn1cnc(CC(=O)N2CCC[C@H]2c2ncc(-c3ccc(-c4ccc(-c5cnc([C@@H]6CCCN6C(=O)[C@H](OC(N)=O)c6ccccc6)[nH]5)cc4)cc3)[nH]2)c1. The lowest BCUT2D eigenvalue weighted by Crippen LogP contribution is -2.37. The Bertz CT molecular complexity index is 2260. The lowest BCUT2D eigenvalue weighted by molar-refractivity contribution is -0.141. The van der Waals surface area contributed by atoms with Gasteiger partial charge in [-0.2, -0.15) is 0 Å². The van der Waals surface area contributed by atoms with Crippen LogP contribution < -0.4 is 5.73 Å². The number of likely N-dealkylation sites (tertiary alicyclic amines) is 2. The lowest BCUT2D eigenvalue weighted by atomic mass is 10.0. The number of nitrogens with zero attached hydrogens (tertiary/aromatic N) is 6. The largest absolute Gasteiger partial charge is 0.431 e. The van der Waals surface area contributed by atoms with Crippen molar-refractivity contribution in [3.8, 4) is 33.6 Å². The number of aromatic amines is 2. The van der Waals surface area contributed by atoms with E-state index in [-0.39, 0.29) is 30.3 Å². The highest BCUT2D eigenvalue weighted by Gasteiger charge is 2.38. The number of amides is 3. The molecule has 0 spiro atoms. The number of imidazole rings is 3. The van der Waals surface area contributed by atoms with Crippen LogP contribution in [0.15, 0.2) is 104 Å². The van der Waals surface area contributed by atoms with Crippen molar-refractivity contribution in [2.75, 3.05) is 13.1 Å². The zero-order valence-corrected chi connectivity index (χ0v) is 29.9. The molecule has 3 aromatic heterocycles. The van der Waals surface area contributed by atoms with Crippen LogP contribution in [0.5, 0.6) is 0 Å². The highest BCUT2D eigenvalue weighted by Crippen LogP contribution is 2.36. The molecule has 0 bridgehead atoms. The van der Waals surface area contributed by atoms with Crippen molar-refractivity contribution in [3.63, 3.8) is 0 Å². The minimum absolute atomic E-state index is 0.0657.